The van der Waals surface area contributed by atoms with Crippen LogP contribution >= 0.6 is 7.26 Å². The van der Waals surface area contributed by atoms with Crippen molar-refractivity contribution in [1.82, 2.24) is 0 Å². The minimum Gasteiger partial charge on any atom is -0.0464 e. The summed E-state index contributed by atoms with van der Waals surface area (Å²) in [4.78, 5) is 0. The van der Waals surface area contributed by atoms with E-state index in [2.05, 4.69) is 13.8 Å². The molecule has 0 saturated carbocycles. The first-order valence-electron chi connectivity index (χ1n) is 4.68. The van der Waals surface area contributed by atoms with E-state index in [1.165, 1.54) is 31.6 Å². The molecule has 0 unspecified atom stereocenters. The Bertz CT molecular complexity index is 86.9. The summed E-state index contributed by atoms with van der Waals surface area (Å²) in [5.41, 5.74) is 0. The Morgan fingerprint density at radius 2 is 1.40 bits per heavy atom. The zero-order chi connectivity index (χ0) is 7.45. The highest BCUT2D eigenvalue weighted by atomic mass is 31.2. The zero-order valence-electron chi connectivity index (χ0n) is 7.40. The Labute approximate surface area is 65.7 Å². The van der Waals surface area contributed by atoms with Crippen LogP contribution in [0.4, 0.5) is 0 Å². The monoisotopic (exact) mass is 159 g/mol. The van der Waals surface area contributed by atoms with Gasteiger partial charge in [-0.05, 0) is 33.1 Å². The highest BCUT2D eigenvalue weighted by molar-refractivity contribution is 7.75. The quantitative estimate of drug-likeness (QED) is 0.543. The summed E-state index contributed by atoms with van der Waals surface area (Å²) in [6.07, 6.45) is 10.8. The van der Waals surface area contributed by atoms with Crippen molar-refractivity contribution in [1.29, 1.82) is 0 Å². The molecule has 0 aromatic rings. The van der Waals surface area contributed by atoms with Crippen molar-refractivity contribution in [3.8, 4) is 0 Å². The second kappa shape index (κ2) is 3.72. The minimum atomic E-state index is -0.352. The van der Waals surface area contributed by atoms with E-state index in [1.807, 2.05) is 0 Å². The summed E-state index contributed by atoms with van der Waals surface area (Å²) < 4.78 is 0. The van der Waals surface area contributed by atoms with Gasteiger partial charge >= 0.3 is 0 Å². The second-order valence-electron chi connectivity index (χ2n) is 3.48. The molecule has 0 spiro atoms. The van der Waals surface area contributed by atoms with Gasteiger partial charge in [0.1, 0.15) is 0 Å². The lowest BCUT2D eigenvalue weighted by Gasteiger charge is -2.28. The first kappa shape index (κ1) is 8.53. The second-order valence-corrected chi connectivity index (χ2v) is 8.32. The van der Waals surface area contributed by atoms with E-state index in [9.17, 15) is 0 Å². The average Bonchev–Trinajstić information content (AvgIpc) is 2.06. The first-order valence-corrected chi connectivity index (χ1v) is 7.21. The van der Waals surface area contributed by atoms with Crippen LogP contribution in [-0.4, -0.2) is 24.6 Å². The van der Waals surface area contributed by atoms with Crippen LogP contribution in [0, 0.1) is 0 Å². The van der Waals surface area contributed by atoms with Crippen molar-refractivity contribution in [2.24, 2.45) is 0 Å². The van der Waals surface area contributed by atoms with Crippen molar-refractivity contribution < 1.29 is 0 Å². The van der Waals surface area contributed by atoms with Crippen LogP contribution in [0.15, 0.2) is 0 Å². The molecular formula is C9H20P+. The number of rotatable bonds is 2. The van der Waals surface area contributed by atoms with E-state index in [0.29, 0.717) is 0 Å². The van der Waals surface area contributed by atoms with E-state index in [4.69, 9.17) is 0 Å². The minimum absolute atomic E-state index is 0.352. The Morgan fingerprint density at radius 3 is 1.70 bits per heavy atom. The summed E-state index contributed by atoms with van der Waals surface area (Å²) in [6, 6.07) is 0. The van der Waals surface area contributed by atoms with E-state index >= 15 is 0 Å². The largest absolute Gasteiger partial charge is 0.0594 e. The predicted molar refractivity (Wildman–Crippen MR) is 51.6 cm³/mol. The molecule has 1 fully saturated rings. The molecule has 0 amide bonds. The Hall–Kier alpha value is 0.430. The molecular weight excluding hydrogens is 139 g/mol. The van der Waals surface area contributed by atoms with Crippen molar-refractivity contribution in [3.63, 3.8) is 0 Å². The first-order chi connectivity index (χ1) is 4.83. The fourth-order valence-corrected chi connectivity index (χ4v) is 5.76. The van der Waals surface area contributed by atoms with Gasteiger partial charge in [-0.1, -0.05) is 0 Å². The van der Waals surface area contributed by atoms with Gasteiger partial charge in [0.2, 0.25) is 0 Å². The van der Waals surface area contributed by atoms with Crippen LogP contribution < -0.4 is 0 Å². The van der Waals surface area contributed by atoms with Gasteiger partial charge in [-0.2, -0.15) is 0 Å². The predicted octanol–water partition coefficient (Wildman–Crippen LogP) is 3.23. The molecule has 1 aliphatic heterocycles. The van der Waals surface area contributed by atoms with Crippen LogP contribution in [-0.2, 0) is 0 Å². The molecule has 0 aliphatic carbocycles. The molecule has 1 saturated heterocycles. The Balaban J connectivity index is 2.44. The van der Waals surface area contributed by atoms with Gasteiger partial charge in [0, 0.05) is 7.26 Å². The molecule has 1 heterocycles. The van der Waals surface area contributed by atoms with Crippen LogP contribution in [0.3, 0.4) is 0 Å². The third-order valence-electron chi connectivity index (χ3n) is 3.11. The van der Waals surface area contributed by atoms with Crippen molar-refractivity contribution >= 4 is 7.26 Å². The smallest absolute Gasteiger partial charge is 0.0464 e. The van der Waals surface area contributed by atoms with Crippen LogP contribution in [0.2, 0.25) is 0 Å². The SMILES string of the molecule is CC[P+]1(CC)CCCCC1. The molecule has 1 heteroatoms. The molecule has 0 radical (unpaired) electrons. The van der Waals surface area contributed by atoms with Gasteiger partial charge in [0.25, 0.3) is 0 Å². The molecule has 0 atom stereocenters. The molecule has 0 N–H and O–H groups in total. The maximum absolute atomic E-state index is 2.41. The molecule has 0 aromatic heterocycles. The van der Waals surface area contributed by atoms with E-state index in [-0.39, 0.29) is 7.26 Å². The van der Waals surface area contributed by atoms with Gasteiger partial charge < -0.3 is 0 Å². The average molecular weight is 159 g/mol. The zero-order valence-corrected chi connectivity index (χ0v) is 8.29. The molecule has 0 bridgehead atoms. The fraction of sp³-hybridized carbons (Fsp3) is 1.00. The summed E-state index contributed by atoms with van der Waals surface area (Å²) in [6.45, 7) is 4.81. The van der Waals surface area contributed by atoms with Crippen molar-refractivity contribution in [2.75, 3.05) is 24.6 Å². The number of hydrogen-bond acceptors (Lipinski definition) is 0. The lowest BCUT2D eigenvalue weighted by atomic mass is 10.3. The standard InChI is InChI=1S/C9H20P/c1-3-10(4-2)8-6-5-7-9-10/h3-9H2,1-2H3/q+1. The molecule has 60 valence electrons. The Kier molecular flexibility index (Phi) is 3.17. The van der Waals surface area contributed by atoms with Crippen LogP contribution in [0.5, 0.6) is 0 Å². The molecule has 10 heavy (non-hydrogen) atoms. The lowest BCUT2D eigenvalue weighted by molar-refractivity contribution is 0.742. The normalized spacial score (nSPS) is 24.6. The van der Waals surface area contributed by atoms with E-state index < -0.39 is 0 Å². The summed E-state index contributed by atoms with van der Waals surface area (Å²) >= 11 is 0. The Morgan fingerprint density at radius 1 is 0.900 bits per heavy atom. The maximum Gasteiger partial charge on any atom is 0.0594 e. The van der Waals surface area contributed by atoms with Gasteiger partial charge in [-0.3, -0.25) is 0 Å². The summed E-state index contributed by atoms with van der Waals surface area (Å²) in [5, 5.41) is 0. The highest BCUT2D eigenvalue weighted by Crippen LogP contribution is 2.61. The third-order valence-corrected chi connectivity index (χ3v) is 8.32. The number of hydrogen-bond donors (Lipinski definition) is 0. The van der Waals surface area contributed by atoms with E-state index in [0.717, 1.165) is 0 Å². The lowest BCUT2D eigenvalue weighted by Crippen LogP contribution is -2.13. The maximum atomic E-state index is 2.41. The van der Waals surface area contributed by atoms with Crippen LogP contribution in [0.1, 0.15) is 33.1 Å². The van der Waals surface area contributed by atoms with Gasteiger partial charge in [-0.25, -0.2) is 0 Å². The topological polar surface area (TPSA) is 0 Å². The fourth-order valence-electron chi connectivity index (χ4n) is 2.04. The van der Waals surface area contributed by atoms with Crippen LogP contribution in [0.25, 0.3) is 0 Å². The highest BCUT2D eigenvalue weighted by Gasteiger charge is 2.34. The third kappa shape index (κ3) is 1.72. The van der Waals surface area contributed by atoms with Crippen molar-refractivity contribution in [2.45, 2.75) is 33.1 Å². The summed E-state index contributed by atoms with van der Waals surface area (Å²) in [7, 11) is -0.352. The molecule has 1 rings (SSSR count). The molecule has 1 aliphatic rings. The van der Waals surface area contributed by atoms with Gasteiger partial charge in [0.05, 0.1) is 24.6 Å². The van der Waals surface area contributed by atoms with Crippen molar-refractivity contribution in [3.05, 3.63) is 0 Å². The molecule has 0 nitrogen and oxygen atoms in total. The van der Waals surface area contributed by atoms with Gasteiger partial charge in [-0.15, -0.1) is 0 Å². The summed E-state index contributed by atoms with van der Waals surface area (Å²) in [5.74, 6) is 0. The van der Waals surface area contributed by atoms with Gasteiger partial charge in [0.15, 0.2) is 0 Å². The molecule has 0 aromatic carbocycles. The van der Waals surface area contributed by atoms with E-state index in [1.54, 1.807) is 12.3 Å².